The summed E-state index contributed by atoms with van der Waals surface area (Å²) < 4.78 is 6.26. The van der Waals surface area contributed by atoms with Gasteiger partial charge in [-0.15, -0.1) is 24.2 Å². The number of thiazole rings is 1. The summed E-state index contributed by atoms with van der Waals surface area (Å²) in [6.07, 6.45) is 0. The van der Waals surface area contributed by atoms with E-state index in [0.29, 0.717) is 45.3 Å². The Labute approximate surface area is 203 Å². The average Bonchev–Trinajstić information content (AvgIpc) is 3.14. The van der Waals surface area contributed by atoms with E-state index in [1.807, 2.05) is 43.3 Å². The first-order valence-electron chi connectivity index (χ1n) is 9.66. The number of amides is 1. The zero-order chi connectivity index (χ0) is 21.8. The molecule has 0 unspecified atom stereocenters. The Morgan fingerprint density at radius 2 is 1.97 bits per heavy atom. The molecule has 0 aliphatic carbocycles. The van der Waals surface area contributed by atoms with Gasteiger partial charge in [-0.1, -0.05) is 42.9 Å². The highest BCUT2D eigenvalue weighted by Crippen LogP contribution is 2.39. The van der Waals surface area contributed by atoms with Crippen LogP contribution in [0.3, 0.4) is 0 Å². The number of nitrogens with zero attached hydrogens (tertiary/aromatic N) is 3. The molecule has 1 amide bonds. The fraction of sp³-hybridized carbons (Fsp3) is 0.364. The highest BCUT2D eigenvalue weighted by atomic mass is 35.5. The Kier molecular flexibility index (Phi) is 9.45. The molecule has 2 aromatic carbocycles. The van der Waals surface area contributed by atoms with Crippen molar-refractivity contribution in [3.05, 3.63) is 47.0 Å². The molecule has 168 valence electrons. The van der Waals surface area contributed by atoms with Crippen LogP contribution in [0.15, 0.2) is 41.3 Å². The van der Waals surface area contributed by atoms with Gasteiger partial charge in [0.1, 0.15) is 11.3 Å². The maximum absolute atomic E-state index is 13.5. The normalized spacial score (nSPS) is 11.1. The molecule has 9 heteroatoms. The van der Waals surface area contributed by atoms with E-state index in [0.717, 1.165) is 9.60 Å². The van der Waals surface area contributed by atoms with Gasteiger partial charge in [-0.2, -0.15) is 0 Å². The molecular weight excluding hydrogens is 473 g/mol. The van der Waals surface area contributed by atoms with Gasteiger partial charge >= 0.3 is 0 Å². The fourth-order valence-corrected chi connectivity index (χ4v) is 5.11. The Balaban J connectivity index is 0.00000341. The maximum Gasteiger partial charge on any atom is 0.260 e. The smallest absolute Gasteiger partial charge is 0.260 e. The molecule has 3 rings (SSSR count). The summed E-state index contributed by atoms with van der Waals surface area (Å²) in [6.45, 7) is 5.52. The number of hydrogen-bond donors (Lipinski definition) is 0. The van der Waals surface area contributed by atoms with Crippen molar-refractivity contribution in [2.24, 2.45) is 0 Å². The number of hydrogen-bond acceptors (Lipinski definition) is 6. The molecule has 1 aromatic heterocycles. The molecule has 0 saturated heterocycles. The minimum Gasteiger partial charge on any atom is -0.494 e. The van der Waals surface area contributed by atoms with Crippen LogP contribution in [-0.2, 0) is 0 Å². The Morgan fingerprint density at radius 1 is 1.23 bits per heavy atom. The van der Waals surface area contributed by atoms with Gasteiger partial charge in [0.25, 0.3) is 5.91 Å². The van der Waals surface area contributed by atoms with Gasteiger partial charge in [-0.3, -0.25) is 9.69 Å². The largest absolute Gasteiger partial charge is 0.494 e. The lowest BCUT2D eigenvalue weighted by atomic mass is 10.2. The van der Waals surface area contributed by atoms with Crippen molar-refractivity contribution in [1.82, 2.24) is 9.88 Å². The van der Waals surface area contributed by atoms with Gasteiger partial charge in [0.2, 0.25) is 0 Å². The molecule has 0 N–H and O–H groups in total. The lowest BCUT2D eigenvalue weighted by molar-refractivity contribution is 0.0985. The number of carbonyl (C=O) groups excluding carboxylic acids is 1. The lowest BCUT2D eigenvalue weighted by Gasteiger charge is -2.22. The first-order chi connectivity index (χ1) is 14.3. The van der Waals surface area contributed by atoms with E-state index in [1.165, 1.54) is 11.3 Å². The number of ether oxygens (including phenoxy) is 1. The molecule has 0 aliphatic rings. The zero-order valence-corrected chi connectivity index (χ0v) is 21.4. The molecule has 31 heavy (non-hydrogen) atoms. The SMILES string of the molecule is COc1ccc(Cl)c2sc(N(CCN(C)C)C(=O)c3cccc(SC(C)C)c3)nc12.Cl. The molecular formula is C22H27Cl2N3O2S2. The molecule has 0 bridgehead atoms. The number of halogens is 2. The molecule has 1 heterocycles. The summed E-state index contributed by atoms with van der Waals surface area (Å²) in [5.74, 6) is 0.574. The van der Waals surface area contributed by atoms with Crippen molar-refractivity contribution in [1.29, 1.82) is 0 Å². The van der Waals surface area contributed by atoms with E-state index >= 15 is 0 Å². The van der Waals surface area contributed by atoms with E-state index < -0.39 is 0 Å². The highest BCUT2D eigenvalue weighted by Gasteiger charge is 2.23. The number of likely N-dealkylation sites (N-methyl/N-ethyl adjacent to an activating group) is 1. The molecule has 3 aromatic rings. The number of methoxy groups -OCH3 is 1. The van der Waals surface area contributed by atoms with Gasteiger partial charge in [0.05, 0.1) is 16.8 Å². The van der Waals surface area contributed by atoms with Crippen LogP contribution >= 0.6 is 47.1 Å². The summed E-state index contributed by atoms with van der Waals surface area (Å²) in [5.41, 5.74) is 1.33. The molecule has 0 aliphatic heterocycles. The van der Waals surface area contributed by atoms with Crippen molar-refractivity contribution in [3.8, 4) is 5.75 Å². The van der Waals surface area contributed by atoms with E-state index in [2.05, 4.69) is 13.8 Å². The van der Waals surface area contributed by atoms with E-state index in [1.54, 1.807) is 35.9 Å². The van der Waals surface area contributed by atoms with E-state index in [9.17, 15) is 4.79 Å². The first-order valence-corrected chi connectivity index (χ1v) is 11.7. The van der Waals surface area contributed by atoms with Crippen LogP contribution in [0.2, 0.25) is 5.02 Å². The van der Waals surface area contributed by atoms with Gasteiger partial charge in [0.15, 0.2) is 5.13 Å². The molecule has 0 saturated carbocycles. The summed E-state index contributed by atoms with van der Waals surface area (Å²) >= 11 is 9.55. The second-order valence-corrected chi connectivity index (χ2v) is 10.4. The predicted molar refractivity (Wildman–Crippen MR) is 136 cm³/mol. The summed E-state index contributed by atoms with van der Waals surface area (Å²) in [6, 6.07) is 11.4. The minimum absolute atomic E-state index is 0. The third-order valence-electron chi connectivity index (χ3n) is 4.37. The molecule has 5 nitrogen and oxygen atoms in total. The molecule has 0 atom stereocenters. The van der Waals surface area contributed by atoms with Crippen LogP contribution in [0.25, 0.3) is 10.2 Å². The van der Waals surface area contributed by atoms with Crippen LogP contribution in [0.1, 0.15) is 24.2 Å². The van der Waals surface area contributed by atoms with Crippen LogP contribution < -0.4 is 9.64 Å². The summed E-state index contributed by atoms with van der Waals surface area (Å²) in [5, 5.41) is 1.66. The van der Waals surface area contributed by atoms with Crippen molar-refractivity contribution >= 4 is 68.4 Å². The maximum atomic E-state index is 13.5. The third-order valence-corrected chi connectivity index (χ3v) is 6.90. The van der Waals surface area contributed by atoms with Crippen LogP contribution in [0, 0.1) is 0 Å². The molecule has 0 fully saturated rings. The second kappa shape index (κ2) is 11.4. The summed E-state index contributed by atoms with van der Waals surface area (Å²) in [7, 11) is 5.58. The molecule has 0 radical (unpaired) electrons. The van der Waals surface area contributed by atoms with Crippen LogP contribution in [0.5, 0.6) is 5.75 Å². The van der Waals surface area contributed by atoms with Gasteiger partial charge in [-0.25, -0.2) is 4.98 Å². The number of benzene rings is 2. The van der Waals surface area contributed by atoms with E-state index in [4.69, 9.17) is 21.3 Å². The monoisotopic (exact) mass is 499 g/mol. The van der Waals surface area contributed by atoms with E-state index in [-0.39, 0.29) is 18.3 Å². The van der Waals surface area contributed by atoms with Crippen molar-refractivity contribution in [2.75, 3.05) is 39.2 Å². The van der Waals surface area contributed by atoms with Gasteiger partial charge in [0, 0.05) is 28.8 Å². The number of rotatable bonds is 8. The van der Waals surface area contributed by atoms with Crippen LogP contribution in [-0.4, -0.2) is 55.3 Å². The Hall–Kier alpha value is -1.51. The topological polar surface area (TPSA) is 45.7 Å². The number of thioether (sulfide) groups is 1. The first kappa shape index (κ1) is 25.7. The fourth-order valence-electron chi connectivity index (χ4n) is 2.94. The predicted octanol–water partition coefficient (Wildman–Crippen LogP) is 6.09. The number of fused-ring (bicyclic) bond motifs is 1. The summed E-state index contributed by atoms with van der Waals surface area (Å²) in [4.78, 5) is 23.1. The lowest BCUT2D eigenvalue weighted by Crippen LogP contribution is -2.36. The standard InChI is InChI=1S/C22H26ClN3O2S2.ClH/c1-14(2)29-16-8-6-7-15(13-16)21(27)26(12-11-25(3)4)22-24-19-18(28-5)10-9-17(23)20(19)30-22;/h6-10,13-14H,11-12H2,1-5H3;1H. The third kappa shape index (κ3) is 6.26. The highest BCUT2D eigenvalue weighted by molar-refractivity contribution is 7.99. The zero-order valence-electron chi connectivity index (χ0n) is 18.2. The quantitative estimate of drug-likeness (QED) is 0.351. The average molecular weight is 501 g/mol. The van der Waals surface area contributed by atoms with Gasteiger partial charge < -0.3 is 9.64 Å². The Bertz CT molecular complexity index is 1040. The second-order valence-electron chi connectivity index (χ2n) is 7.38. The Morgan fingerprint density at radius 3 is 2.61 bits per heavy atom. The molecule has 0 spiro atoms. The van der Waals surface area contributed by atoms with Crippen LogP contribution in [0.4, 0.5) is 5.13 Å². The minimum atomic E-state index is -0.0720. The van der Waals surface area contributed by atoms with Crippen molar-refractivity contribution in [2.45, 2.75) is 24.0 Å². The number of anilines is 1. The number of carbonyl (C=O) groups is 1. The van der Waals surface area contributed by atoms with Crippen molar-refractivity contribution in [3.63, 3.8) is 0 Å². The van der Waals surface area contributed by atoms with Gasteiger partial charge in [-0.05, 0) is 44.4 Å². The number of aromatic nitrogens is 1. The van der Waals surface area contributed by atoms with Crippen molar-refractivity contribution < 1.29 is 9.53 Å².